The molecular formula is C13H13N3O2. The number of anilines is 1. The molecule has 0 spiro atoms. The molecule has 5 heteroatoms. The smallest absolute Gasteiger partial charge is 0.165 e. The van der Waals surface area contributed by atoms with Crippen molar-refractivity contribution in [3.05, 3.63) is 42.4 Å². The number of aliphatic hydroxyl groups excluding tert-OH is 1. The van der Waals surface area contributed by atoms with Gasteiger partial charge < -0.3 is 10.8 Å². The van der Waals surface area contributed by atoms with Crippen LogP contribution in [0.4, 0.5) is 5.69 Å². The van der Waals surface area contributed by atoms with Crippen LogP contribution in [-0.4, -0.2) is 27.5 Å². The van der Waals surface area contributed by atoms with Gasteiger partial charge in [0.15, 0.2) is 5.78 Å². The number of hydrogen-bond acceptors (Lipinski definition) is 5. The molecule has 1 aromatic carbocycles. The second-order valence-electron chi connectivity index (χ2n) is 3.83. The number of Topliss-reactive ketones (excluding diaryl/α,β-unsaturated/α-hetero) is 1. The van der Waals surface area contributed by atoms with E-state index in [1.165, 1.54) is 6.20 Å². The Bertz CT molecular complexity index is 555. The van der Waals surface area contributed by atoms with E-state index in [1.54, 1.807) is 0 Å². The Morgan fingerprint density at radius 1 is 1.28 bits per heavy atom. The number of carbonyl (C=O) groups excluding carboxylic acids is 1. The molecule has 0 aliphatic carbocycles. The third kappa shape index (κ3) is 2.70. The Balaban J connectivity index is 2.36. The summed E-state index contributed by atoms with van der Waals surface area (Å²) in [6, 6.07) is 9.44. The number of carbonyl (C=O) groups is 1. The predicted octanol–water partition coefficient (Wildman–Crippen LogP) is 0.830. The van der Waals surface area contributed by atoms with Gasteiger partial charge in [-0.25, -0.2) is 9.97 Å². The monoisotopic (exact) mass is 243 g/mol. The molecule has 0 amide bonds. The van der Waals surface area contributed by atoms with Crippen molar-refractivity contribution in [3.63, 3.8) is 0 Å². The summed E-state index contributed by atoms with van der Waals surface area (Å²) >= 11 is 0. The second kappa shape index (κ2) is 5.37. The van der Waals surface area contributed by atoms with E-state index < -0.39 is 6.61 Å². The minimum Gasteiger partial charge on any atom is -0.396 e. The van der Waals surface area contributed by atoms with Crippen LogP contribution in [0.5, 0.6) is 0 Å². The van der Waals surface area contributed by atoms with Crippen molar-refractivity contribution in [2.24, 2.45) is 0 Å². The zero-order valence-corrected chi connectivity index (χ0v) is 9.71. The lowest BCUT2D eigenvalue weighted by molar-refractivity contribution is -0.121. The summed E-state index contributed by atoms with van der Waals surface area (Å²) in [6.07, 6.45) is 1.49. The van der Waals surface area contributed by atoms with Crippen molar-refractivity contribution in [2.75, 3.05) is 12.3 Å². The van der Waals surface area contributed by atoms with Crippen LogP contribution in [0.2, 0.25) is 0 Å². The number of hydrogen-bond donors (Lipinski definition) is 2. The van der Waals surface area contributed by atoms with E-state index in [4.69, 9.17) is 10.8 Å². The number of aromatic nitrogens is 2. The molecule has 0 radical (unpaired) electrons. The van der Waals surface area contributed by atoms with Gasteiger partial charge in [0.1, 0.15) is 12.4 Å². The van der Waals surface area contributed by atoms with E-state index >= 15 is 0 Å². The molecule has 18 heavy (non-hydrogen) atoms. The lowest BCUT2D eigenvalue weighted by Crippen LogP contribution is -2.11. The molecule has 92 valence electrons. The number of ketones is 1. The van der Waals surface area contributed by atoms with Crippen LogP contribution in [0.3, 0.4) is 0 Å². The number of benzene rings is 1. The highest BCUT2D eigenvalue weighted by Crippen LogP contribution is 2.22. The first-order chi connectivity index (χ1) is 8.70. The van der Waals surface area contributed by atoms with E-state index in [9.17, 15) is 4.79 Å². The van der Waals surface area contributed by atoms with Crippen molar-refractivity contribution < 1.29 is 9.90 Å². The van der Waals surface area contributed by atoms with Gasteiger partial charge in [0.25, 0.3) is 0 Å². The summed E-state index contributed by atoms with van der Waals surface area (Å²) in [5, 5.41) is 8.71. The molecule has 5 nitrogen and oxygen atoms in total. The molecule has 0 unspecified atom stereocenters. The normalized spacial score (nSPS) is 10.3. The van der Waals surface area contributed by atoms with Crippen molar-refractivity contribution in [1.29, 1.82) is 0 Å². The van der Waals surface area contributed by atoms with Crippen LogP contribution < -0.4 is 5.73 Å². The average molecular weight is 243 g/mol. The zero-order chi connectivity index (χ0) is 13.0. The van der Waals surface area contributed by atoms with Gasteiger partial charge in [-0.05, 0) is 0 Å². The standard InChI is InChI=1S/C13H13N3O2/c14-11-7-15-12(6-10(18)8-17)16-13(11)9-4-2-1-3-5-9/h1-5,7,17H,6,8,14H2. The molecule has 0 saturated heterocycles. The van der Waals surface area contributed by atoms with Crippen LogP contribution in [0.25, 0.3) is 11.3 Å². The summed E-state index contributed by atoms with van der Waals surface area (Å²) < 4.78 is 0. The Morgan fingerprint density at radius 3 is 2.67 bits per heavy atom. The second-order valence-corrected chi connectivity index (χ2v) is 3.83. The van der Waals surface area contributed by atoms with Crippen molar-refractivity contribution >= 4 is 11.5 Å². The van der Waals surface area contributed by atoms with Gasteiger partial charge in [0.05, 0.1) is 24.0 Å². The molecule has 0 atom stereocenters. The summed E-state index contributed by atoms with van der Waals surface area (Å²) in [5.74, 6) is 0.0425. The first-order valence-corrected chi connectivity index (χ1v) is 5.50. The summed E-state index contributed by atoms with van der Waals surface area (Å²) in [5.41, 5.74) is 7.76. The fourth-order valence-electron chi connectivity index (χ4n) is 1.57. The maximum atomic E-state index is 11.2. The lowest BCUT2D eigenvalue weighted by Gasteiger charge is -2.06. The van der Waals surface area contributed by atoms with E-state index in [-0.39, 0.29) is 12.2 Å². The Morgan fingerprint density at radius 2 is 2.00 bits per heavy atom. The Kier molecular flexibility index (Phi) is 3.64. The van der Waals surface area contributed by atoms with Crippen molar-refractivity contribution in [1.82, 2.24) is 9.97 Å². The van der Waals surface area contributed by atoms with Gasteiger partial charge >= 0.3 is 0 Å². The lowest BCUT2D eigenvalue weighted by atomic mass is 10.1. The highest BCUT2D eigenvalue weighted by atomic mass is 16.3. The molecule has 3 N–H and O–H groups in total. The SMILES string of the molecule is Nc1cnc(CC(=O)CO)nc1-c1ccccc1. The van der Waals surface area contributed by atoms with Gasteiger partial charge in [-0.2, -0.15) is 0 Å². The maximum absolute atomic E-state index is 11.2. The number of rotatable bonds is 4. The van der Waals surface area contributed by atoms with Crippen molar-refractivity contribution in [2.45, 2.75) is 6.42 Å². The Hall–Kier alpha value is -2.27. The molecule has 0 bridgehead atoms. The third-order valence-corrected chi connectivity index (χ3v) is 2.45. The van der Waals surface area contributed by atoms with E-state index in [1.807, 2.05) is 30.3 Å². The van der Waals surface area contributed by atoms with Gasteiger partial charge in [-0.15, -0.1) is 0 Å². The quantitative estimate of drug-likeness (QED) is 0.830. The zero-order valence-electron chi connectivity index (χ0n) is 9.71. The minimum absolute atomic E-state index is 0.0105. The number of aliphatic hydroxyl groups is 1. The summed E-state index contributed by atoms with van der Waals surface area (Å²) in [4.78, 5) is 19.4. The molecule has 2 aromatic rings. The van der Waals surface area contributed by atoms with Crippen molar-refractivity contribution in [3.8, 4) is 11.3 Å². The number of nitrogen functional groups attached to an aromatic ring is 1. The molecule has 1 heterocycles. The van der Waals surface area contributed by atoms with E-state index in [0.717, 1.165) is 5.56 Å². The van der Waals surface area contributed by atoms with Gasteiger partial charge in [0, 0.05) is 5.56 Å². The summed E-state index contributed by atoms with van der Waals surface area (Å²) in [7, 11) is 0. The van der Waals surface area contributed by atoms with Crippen LogP contribution >= 0.6 is 0 Å². The molecular weight excluding hydrogens is 230 g/mol. The van der Waals surface area contributed by atoms with Crippen LogP contribution in [-0.2, 0) is 11.2 Å². The highest BCUT2D eigenvalue weighted by molar-refractivity contribution is 5.81. The highest BCUT2D eigenvalue weighted by Gasteiger charge is 2.09. The van der Waals surface area contributed by atoms with E-state index in [2.05, 4.69) is 9.97 Å². The maximum Gasteiger partial charge on any atom is 0.165 e. The molecule has 2 rings (SSSR count). The third-order valence-electron chi connectivity index (χ3n) is 2.45. The first kappa shape index (κ1) is 12.2. The summed E-state index contributed by atoms with van der Waals surface area (Å²) in [6.45, 7) is -0.506. The number of nitrogens with zero attached hydrogens (tertiary/aromatic N) is 2. The van der Waals surface area contributed by atoms with Gasteiger partial charge in [-0.1, -0.05) is 30.3 Å². The van der Waals surface area contributed by atoms with Gasteiger partial charge in [-0.3, -0.25) is 4.79 Å². The van der Waals surface area contributed by atoms with Crippen LogP contribution in [0.1, 0.15) is 5.82 Å². The topological polar surface area (TPSA) is 89.1 Å². The Labute approximate surface area is 104 Å². The molecule has 0 saturated carbocycles. The average Bonchev–Trinajstić information content (AvgIpc) is 2.42. The molecule has 0 aliphatic heterocycles. The molecule has 0 aliphatic rings. The fourth-order valence-corrected chi connectivity index (χ4v) is 1.57. The largest absolute Gasteiger partial charge is 0.396 e. The molecule has 0 fully saturated rings. The minimum atomic E-state index is -0.506. The predicted molar refractivity (Wildman–Crippen MR) is 67.7 cm³/mol. The first-order valence-electron chi connectivity index (χ1n) is 5.50. The van der Waals surface area contributed by atoms with Gasteiger partial charge in [0.2, 0.25) is 0 Å². The van der Waals surface area contributed by atoms with Crippen LogP contribution in [0.15, 0.2) is 36.5 Å². The fraction of sp³-hybridized carbons (Fsp3) is 0.154. The van der Waals surface area contributed by atoms with Crippen LogP contribution in [0, 0.1) is 0 Å². The van der Waals surface area contributed by atoms with E-state index in [0.29, 0.717) is 17.2 Å². The number of nitrogens with two attached hydrogens (primary N) is 1. The molecule has 1 aromatic heterocycles.